The van der Waals surface area contributed by atoms with E-state index in [9.17, 15) is 13.2 Å². The first kappa shape index (κ1) is 30.7. The first-order chi connectivity index (χ1) is 20.3. The van der Waals surface area contributed by atoms with Gasteiger partial charge in [0.2, 0.25) is 0 Å². The lowest BCUT2D eigenvalue weighted by atomic mass is 9.90. The Hall–Kier alpha value is -2.75. The van der Waals surface area contributed by atoms with Crippen LogP contribution in [0, 0.1) is 29.2 Å². The van der Waals surface area contributed by atoms with Gasteiger partial charge < -0.3 is 18.9 Å². The van der Waals surface area contributed by atoms with Gasteiger partial charge in [0, 0.05) is 24.0 Å². The molecule has 2 unspecified atom stereocenters. The normalized spacial score (nSPS) is 23.0. The van der Waals surface area contributed by atoms with Crippen molar-refractivity contribution in [2.24, 2.45) is 5.92 Å². The topological polar surface area (TPSA) is 36.9 Å². The third-order valence-corrected chi connectivity index (χ3v) is 7.80. The largest absolute Gasteiger partial charge is 0.381 e. The van der Waals surface area contributed by atoms with Crippen LogP contribution in [-0.2, 0) is 18.9 Å². The summed E-state index contributed by atoms with van der Waals surface area (Å²) in [4.78, 5) is 0. The first-order valence-electron chi connectivity index (χ1n) is 14.2. The van der Waals surface area contributed by atoms with Crippen LogP contribution in [-0.4, -0.2) is 39.1 Å². The van der Waals surface area contributed by atoms with Gasteiger partial charge in [-0.2, -0.15) is 0 Å². The molecule has 42 heavy (non-hydrogen) atoms. The standard InChI is InChI=1S/C33H33ClF4O4/c1-2-11-39-16-21-17-41-33(42-18-21)23-5-9-26(28(35)15-23)24-4-8-25(40-19-24)7-3-20-12-30(37)32(31(38)13-20)22-6-10-27(34)29(36)14-22/h3,5-7,9-10,12-15,21,24-25,33H,2,4,8,11,16-19H2,1H3/b7-3+. The van der Waals surface area contributed by atoms with E-state index in [1.807, 2.05) is 6.07 Å². The quantitative estimate of drug-likeness (QED) is 0.181. The molecule has 2 aliphatic rings. The van der Waals surface area contributed by atoms with Gasteiger partial charge in [0.15, 0.2) is 6.29 Å². The maximum absolute atomic E-state index is 15.1. The van der Waals surface area contributed by atoms with Crippen molar-refractivity contribution in [1.82, 2.24) is 0 Å². The summed E-state index contributed by atoms with van der Waals surface area (Å²) in [7, 11) is 0. The van der Waals surface area contributed by atoms with Crippen LogP contribution in [0.2, 0.25) is 5.02 Å². The Kier molecular flexibility index (Phi) is 10.3. The van der Waals surface area contributed by atoms with Gasteiger partial charge in [0.1, 0.15) is 23.3 Å². The van der Waals surface area contributed by atoms with Crippen LogP contribution < -0.4 is 0 Å². The Morgan fingerprint density at radius 3 is 2.26 bits per heavy atom. The van der Waals surface area contributed by atoms with E-state index in [1.165, 1.54) is 30.3 Å². The lowest BCUT2D eigenvalue weighted by Crippen LogP contribution is -2.30. The molecule has 5 rings (SSSR count). The average Bonchev–Trinajstić information content (AvgIpc) is 2.98. The van der Waals surface area contributed by atoms with E-state index in [1.54, 1.807) is 18.2 Å². The highest BCUT2D eigenvalue weighted by Gasteiger charge is 2.27. The summed E-state index contributed by atoms with van der Waals surface area (Å²) in [5.41, 5.74) is 1.25. The van der Waals surface area contributed by atoms with Crippen LogP contribution in [0.15, 0.2) is 54.6 Å². The minimum Gasteiger partial charge on any atom is -0.381 e. The third kappa shape index (κ3) is 7.41. The summed E-state index contributed by atoms with van der Waals surface area (Å²) in [5, 5.41) is -0.125. The molecular weight excluding hydrogens is 572 g/mol. The molecule has 0 amide bonds. The molecule has 2 atom stereocenters. The Morgan fingerprint density at radius 1 is 0.857 bits per heavy atom. The maximum Gasteiger partial charge on any atom is 0.183 e. The molecule has 0 bridgehead atoms. The highest BCUT2D eigenvalue weighted by molar-refractivity contribution is 6.30. The van der Waals surface area contributed by atoms with Crippen molar-refractivity contribution in [2.45, 2.75) is 44.5 Å². The molecule has 2 aliphatic heterocycles. The Morgan fingerprint density at radius 2 is 1.62 bits per heavy atom. The summed E-state index contributed by atoms with van der Waals surface area (Å²) in [6, 6.07) is 11.0. The van der Waals surface area contributed by atoms with Crippen molar-refractivity contribution in [3.05, 3.63) is 99.6 Å². The first-order valence-corrected chi connectivity index (χ1v) is 14.5. The Labute approximate surface area is 248 Å². The molecule has 0 spiro atoms. The SMILES string of the molecule is CCCOCC1COC(c2ccc(C3CCC(/C=C/c4cc(F)c(-c5ccc(Cl)c(F)c5)c(F)c4)OC3)c(F)c2)OC1. The van der Waals surface area contributed by atoms with Gasteiger partial charge in [-0.25, -0.2) is 17.6 Å². The minimum atomic E-state index is -0.815. The van der Waals surface area contributed by atoms with Crippen molar-refractivity contribution in [1.29, 1.82) is 0 Å². The van der Waals surface area contributed by atoms with Crippen LogP contribution in [0.4, 0.5) is 17.6 Å². The van der Waals surface area contributed by atoms with Crippen LogP contribution in [0.3, 0.4) is 0 Å². The number of ether oxygens (including phenoxy) is 4. The molecule has 0 radical (unpaired) electrons. The zero-order valence-electron chi connectivity index (χ0n) is 23.3. The number of hydrogen-bond acceptors (Lipinski definition) is 4. The van der Waals surface area contributed by atoms with E-state index in [2.05, 4.69) is 6.92 Å². The molecule has 0 saturated carbocycles. The molecule has 4 nitrogen and oxygen atoms in total. The zero-order chi connectivity index (χ0) is 29.6. The predicted molar refractivity (Wildman–Crippen MR) is 153 cm³/mol. The van der Waals surface area contributed by atoms with Crippen molar-refractivity contribution in [2.75, 3.05) is 33.0 Å². The Bertz CT molecular complexity index is 1380. The fourth-order valence-electron chi connectivity index (χ4n) is 5.25. The molecule has 0 aromatic heterocycles. The minimum absolute atomic E-state index is 0.0599. The highest BCUT2D eigenvalue weighted by atomic mass is 35.5. The molecule has 2 fully saturated rings. The summed E-state index contributed by atoms with van der Waals surface area (Å²) in [5.74, 6) is -2.67. The maximum atomic E-state index is 15.1. The molecule has 9 heteroatoms. The van der Waals surface area contributed by atoms with Gasteiger partial charge in [0.25, 0.3) is 0 Å². The van der Waals surface area contributed by atoms with Gasteiger partial charge in [-0.05, 0) is 66.3 Å². The summed E-state index contributed by atoms with van der Waals surface area (Å²) >= 11 is 5.68. The van der Waals surface area contributed by atoms with E-state index < -0.39 is 23.7 Å². The number of hydrogen-bond donors (Lipinski definition) is 0. The zero-order valence-corrected chi connectivity index (χ0v) is 24.0. The van der Waals surface area contributed by atoms with Crippen LogP contribution in [0.5, 0.6) is 0 Å². The molecule has 3 aromatic carbocycles. The van der Waals surface area contributed by atoms with Crippen molar-refractivity contribution >= 4 is 17.7 Å². The lowest BCUT2D eigenvalue weighted by Gasteiger charge is -2.30. The van der Waals surface area contributed by atoms with E-state index in [-0.39, 0.29) is 39.9 Å². The molecule has 224 valence electrons. The van der Waals surface area contributed by atoms with E-state index in [0.29, 0.717) is 62.6 Å². The predicted octanol–water partition coefficient (Wildman–Crippen LogP) is 8.63. The number of halogens is 5. The monoisotopic (exact) mass is 604 g/mol. The molecule has 2 heterocycles. The smallest absolute Gasteiger partial charge is 0.183 e. The molecule has 0 aliphatic carbocycles. The van der Waals surface area contributed by atoms with E-state index in [4.69, 9.17) is 30.5 Å². The lowest BCUT2D eigenvalue weighted by molar-refractivity contribution is -0.212. The van der Waals surface area contributed by atoms with Gasteiger partial charge in [-0.3, -0.25) is 0 Å². The van der Waals surface area contributed by atoms with Crippen molar-refractivity contribution in [3.63, 3.8) is 0 Å². The molecule has 3 aromatic rings. The van der Waals surface area contributed by atoms with Gasteiger partial charge in [0.05, 0.1) is 43.1 Å². The summed E-state index contributed by atoms with van der Waals surface area (Å²) in [6.07, 6.45) is 4.70. The second-order valence-electron chi connectivity index (χ2n) is 10.7. The Balaban J connectivity index is 1.15. The van der Waals surface area contributed by atoms with E-state index in [0.717, 1.165) is 12.5 Å². The molecular formula is C33H33ClF4O4. The van der Waals surface area contributed by atoms with Gasteiger partial charge in [-0.15, -0.1) is 0 Å². The number of benzene rings is 3. The fourth-order valence-corrected chi connectivity index (χ4v) is 5.37. The fraction of sp³-hybridized carbons (Fsp3) is 0.394. The third-order valence-electron chi connectivity index (χ3n) is 7.49. The second-order valence-corrected chi connectivity index (χ2v) is 11.1. The molecule has 2 saturated heterocycles. The van der Waals surface area contributed by atoms with E-state index >= 15 is 4.39 Å². The second kappa shape index (κ2) is 14.1. The van der Waals surface area contributed by atoms with Gasteiger partial charge in [-0.1, -0.05) is 48.9 Å². The molecule has 0 N–H and O–H groups in total. The summed E-state index contributed by atoms with van der Waals surface area (Å²) < 4.78 is 81.6. The average molecular weight is 605 g/mol. The number of rotatable bonds is 9. The van der Waals surface area contributed by atoms with Crippen LogP contribution in [0.1, 0.15) is 55.1 Å². The van der Waals surface area contributed by atoms with Gasteiger partial charge >= 0.3 is 0 Å². The van der Waals surface area contributed by atoms with Crippen LogP contribution in [0.25, 0.3) is 17.2 Å². The van der Waals surface area contributed by atoms with Crippen LogP contribution >= 0.6 is 11.6 Å². The van der Waals surface area contributed by atoms with Crippen molar-refractivity contribution in [3.8, 4) is 11.1 Å². The highest BCUT2D eigenvalue weighted by Crippen LogP contribution is 2.34. The van der Waals surface area contributed by atoms with Crippen molar-refractivity contribution < 1.29 is 36.5 Å². The summed E-state index contributed by atoms with van der Waals surface area (Å²) in [6.45, 7) is 4.64.